The summed E-state index contributed by atoms with van der Waals surface area (Å²) in [5, 5.41) is 0. The lowest BCUT2D eigenvalue weighted by molar-refractivity contribution is 0.0293. The monoisotopic (exact) mass is 217 g/mol. The quantitative estimate of drug-likeness (QED) is 0.663. The summed E-state index contributed by atoms with van der Waals surface area (Å²) in [6.07, 6.45) is 1.63. The van der Waals surface area contributed by atoms with Crippen molar-refractivity contribution in [3.63, 3.8) is 0 Å². The largest absolute Gasteiger partial charge is 0.444 e. The topological polar surface area (TPSA) is 38.8 Å². The number of amides is 1. The van der Waals surface area contributed by atoms with E-state index >= 15 is 0 Å². The zero-order chi connectivity index (χ0) is 11.9. The highest BCUT2D eigenvalue weighted by Crippen LogP contribution is 2.09. The highest BCUT2D eigenvalue weighted by atomic mass is 16.6. The smallest absolute Gasteiger partial charge is 0.410 e. The van der Waals surface area contributed by atoms with E-state index in [1.54, 1.807) is 19.1 Å². The molecule has 4 heteroatoms. The molecule has 0 spiro atoms. The molecule has 0 aliphatic rings. The molecule has 15 heavy (non-hydrogen) atoms. The zero-order valence-electron chi connectivity index (χ0n) is 10.5. The van der Waals surface area contributed by atoms with Crippen LogP contribution in [0.1, 0.15) is 33.6 Å². The summed E-state index contributed by atoms with van der Waals surface area (Å²) < 4.78 is 10.1. The minimum atomic E-state index is -0.419. The van der Waals surface area contributed by atoms with E-state index in [0.29, 0.717) is 6.54 Å². The van der Waals surface area contributed by atoms with Gasteiger partial charge in [0.2, 0.25) is 0 Å². The Morgan fingerprint density at radius 2 is 1.87 bits per heavy atom. The van der Waals surface area contributed by atoms with Crippen LogP contribution in [0.5, 0.6) is 0 Å². The maximum Gasteiger partial charge on any atom is 0.410 e. The number of hydrogen-bond acceptors (Lipinski definition) is 3. The molecule has 0 aliphatic heterocycles. The van der Waals surface area contributed by atoms with E-state index in [-0.39, 0.29) is 6.09 Å². The van der Waals surface area contributed by atoms with Crippen molar-refractivity contribution in [2.45, 2.75) is 39.2 Å². The van der Waals surface area contributed by atoms with Crippen LogP contribution >= 0.6 is 0 Å². The first-order valence-electron chi connectivity index (χ1n) is 5.30. The van der Waals surface area contributed by atoms with Crippen molar-refractivity contribution in [2.75, 3.05) is 27.3 Å². The minimum Gasteiger partial charge on any atom is -0.444 e. The lowest BCUT2D eigenvalue weighted by Gasteiger charge is -2.24. The fourth-order valence-corrected chi connectivity index (χ4v) is 1.03. The van der Waals surface area contributed by atoms with Gasteiger partial charge in [-0.15, -0.1) is 0 Å². The van der Waals surface area contributed by atoms with Crippen LogP contribution in [0, 0.1) is 0 Å². The fourth-order valence-electron chi connectivity index (χ4n) is 1.03. The number of rotatable bonds is 5. The van der Waals surface area contributed by atoms with Crippen molar-refractivity contribution in [2.24, 2.45) is 0 Å². The van der Waals surface area contributed by atoms with Crippen LogP contribution in [0.2, 0.25) is 0 Å². The molecule has 1 amide bonds. The molecule has 0 rings (SSSR count). The first-order valence-corrected chi connectivity index (χ1v) is 5.30. The van der Waals surface area contributed by atoms with E-state index in [1.807, 2.05) is 20.8 Å². The molecule has 0 N–H and O–H groups in total. The molecule has 0 aromatic heterocycles. The molecule has 0 unspecified atom stereocenters. The molecule has 0 aromatic carbocycles. The van der Waals surface area contributed by atoms with E-state index in [2.05, 4.69) is 0 Å². The Balaban J connectivity index is 3.70. The van der Waals surface area contributed by atoms with Crippen LogP contribution in [-0.2, 0) is 9.47 Å². The van der Waals surface area contributed by atoms with Crippen molar-refractivity contribution in [1.82, 2.24) is 4.90 Å². The third-order valence-electron chi connectivity index (χ3n) is 1.80. The lowest BCUT2D eigenvalue weighted by atomic mass is 10.2. The van der Waals surface area contributed by atoms with Crippen molar-refractivity contribution >= 4 is 6.09 Å². The first-order chi connectivity index (χ1) is 6.87. The molecule has 0 fully saturated rings. The molecule has 0 aromatic rings. The predicted octanol–water partition coefficient (Wildman–Crippen LogP) is 2.28. The summed E-state index contributed by atoms with van der Waals surface area (Å²) in [7, 11) is 3.43. The highest BCUT2D eigenvalue weighted by molar-refractivity contribution is 5.67. The molecule has 0 heterocycles. The average molecular weight is 217 g/mol. The third kappa shape index (κ3) is 8.24. The molecule has 90 valence electrons. The minimum absolute atomic E-state index is 0.264. The van der Waals surface area contributed by atoms with Gasteiger partial charge in [0.05, 0.1) is 0 Å². The molecule has 0 bridgehead atoms. The van der Waals surface area contributed by atoms with Gasteiger partial charge >= 0.3 is 6.09 Å². The Morgan fingerprint density at radius 1 is 1.27 bits per heavy atom. The van der Waals surface area contributed by atoms with Crippen molar-refractivity contribution in [3.8, 4) is 0 Å². The molecule has 4 nitrogen and oxygen atoms in total. The lowest BCUT2D eigenvalue weighted by Crippen LogP contribution is -2.34. The Morgan fingerprint density at radius 3 is 2.33 bits per heavy atom. The van der Waals surface area contributed by atoms with Crippen LogP contribution in [0.15, 0.2) is 0 Å². The predicted molar refractivity (Wildman–Crippen MR) is 60.0 cm³/mol. The summed E-state index contributed by atoms with van der Waals surface area (Å²) >= 11 is 0. The molecule has 0 saturated carbocycles. The zero-order valence-corrected chi connectivity index (χ0v) is 10.5. The first kappa shape index (κ1) is 14.2. The van der Waals surface area contributed by atoms with Gasteiger partial charge in [-0.2, -0.15) is 0 Å². The maximum atomic E-state index is 11.5. The maximum absolute atomic E-state index is 11.5. The van der Waals surface area contributed by atoms with E-state index in [1.165, 1.54) is 0 Å². The van der Waals surface area contributed by atoms with E-state index in [0.717, 1.165) is 19.4 Å². The Kier molecular flexibility index (Phi) is 6.32. The standard InChI is InChI=1S/C11H23NO3/c1-11(2,3)15-10(13)12(4)8-6-7-9-14-5/h6-9H2,1-5H3. The van der Waals surface area contributed by atoms with Crippen LogP contribution in [-0.4, -0.2) is 43.9 Å². The molecule has 0 atom stereocenters. The second kappa shape index (κ2) is 6.67. The summed E-state index contributed by atoms with van der Waals surface area (Å²) in [5.41, 5.74) is -0.419. The summed E-state index contributed by atoms with van der Waals surface area (Å²) in [5.74, 6) is 0. The van der Waals surface area contributed by atoms with Gasteiger partial charge in [0.15, 0.2) is 0 Å². The van der Waals surface area contributed by atoms with Crippen LogP contribution in [0.3, 0.4) is 0 Å². The second-order valence-electron chi connectivity index (χ2n) is 4.60. The molecule has 0 aliphatic carbocycles. The number of carbonyl (C=O) groups is 1. The van der Waals surface area contributed by atoms with Gasteiger partial charge in [0.25, 0.3) is 0 Å². The van der Waals surface area contributed by atoms with Gasteiger partial charge in [0.1, 0.15) is 5.60 Å². The van der Waals surface area contributed by atoms with Gasteiger partial charge in [-0.25, -0.2) is 4.79 Å². The number of methoxy groups -OCH3 is 1. The highest BCUT2D eigenvalue weighted by Gasteiger charge is 2.18. The van der Waals surface area contributed by atoms with Crippen LogP contribution < -0.4 is 0 Å². The Hall–Kier alpha value is -0.770. The van der Waals surface area contributed by atoms with Crippen LogP contribution in [0.4, 0.5) is 4.79 Å². The van der Waals surface area contributed by atoms with E-state index in [4.69, 9.17) is 9.47 Å². The number of carbonyl (C=O) groups excluding carboxylic acids is 1. The number of unbranched alkanes of at least 4 members (excludes halogenated alkanes) is 1. The molecule has 0 saturated heterocycles. The van der Waals surface area contributed by atoms with Crippen molar-refractivity contribution in [1.29, 1.82) is 0 Å². The van der Waals surface area contributed by atoms with Gasteiger partial charge in [-0.1, -0.05) is 0 Å². The fraction of sp³-hybridized carbons (Fsp3) is 0.909. The Labute approximate surface area is 92.5 Å². The van der Waals surface area contributed by atoms with Gasteiger partial charge in [-0.05, 0) is 33.6 Å². The molecular formula is C11H23NO3. The molecule has 0 radical (unpaired) electrons. The SMILES string of the molecule is COCCCCN(C)C(=O)OC(C)(C)C. The average Bonchev–Trinajstić information content (AvgIpc) is 2.09. The van der Waals surface area contributed by atoms with Crippen LogP contribution in [0.25, 0.3) is 0 Å². The number of ether oxygens (including phenoxy) is 2. The Bertz CT molecular complexity index is 187. The van der Waals surface area contributed by atoms with E-state index < -0.39 is 5.60 Å². The second-order valence-corrected chi connectivity index (χ2v) is 4.60. The van der Waals surface area contributed by atoms with Crippen molar-refractivity contribution in [3.05, 3.63) is 0 Å². The van der Waals surface area contributed by atoms with Gasteiger partial charge < -0.3 is 14.4 Å². The summed E-state index contributed by atoms with van der Waals surface area (Å²) in [4.78, 5) is 13.1. The van der Waals surface area contributed by atoms with Gasteiger partial charge in [0, 0.05) is 27.3 Å². The van der Waals surface area contributed by atoms with Gasteiger partial charge in [-0.3, -0.25) is 0 Å². The summed E-state index contributed by atoms with van der Waals surface area (Å²) in [6, 6.07) is 0. The third-order valence-corrected chi connectivity index (χ3v) is 1.80. The number of nitrogens with zero attached hydrogens (tertiary/aromatic N) is 1. The number of hydrogen-bond donors (Lipinski definition) is 0. The summed E-state index contributed by atoms with van der Waals surface area (Å²) in [6.45, 7) is 7.04. The molecular weight excluding hydrogens is 194 g/mol. The van der Waals surface area contributed by atoms with E-state index in [9.17, 15) is 4.79 Å². The van der Waals surface area contributed by atoms with Crippen molar-refractivity contribution < 1.29 is 14.3 Å². The normalized spacial score (nSPS) is 11.3.